The summed E-state index contributed by atoms with van der Waals surface area (Å²) in [6.45, 7) is 0. The van der Waals surface area contributed by atoms with Crippen LogP contribution < -0.4 is 20.7 Å². The van der Waals surface area contributed by atoms with E-state index in [9.17, 15) is 37.0 Å². The third-order valence-electron chi connectivity index (χ3n) is 15.5. The Morgan fingerprint density at radius 3 is 1.64 bits per heavy atom. The van der Waals surface area contributed by atoms with E-state index in [-0.39, 0.29) is 32.2 Å². The van der Waals surface area contributed by atoms with Gasteiger partial charge >= 0.3 is 0 Å². The highest BCUT2D eigenvalue weighted by atomic mass is 28.3. The van der Waals surface area contributed by atoms with Crippen LogP contribution in [0.2, 0.25) is 0 Å². The van der Waals surface area contributed by atoms with Crippen molar-refractivity contribution in [3.63, 3.8) is 0 Å². The van der Waals surface area contributed by atoms with Crippen LogP contribution in [0.3, 0.4) is 0 Å². The molecule has 0 aliphatic heterocycles. The second kappa shape index (κ2) is 20.2. The van der Waals surface area contributed by atoms with E-state index in [0.29, 0.717) is 4.57 Å². The second-order valence-electron chi connectivity index (χ2n) is 20.1. The molecule has 0 aliphatic rings. The van der Waals surface area contributed by atoms with Crippen molar-refractivity contribution in [2.24, 2.45) is 0 Å². The van der Waals surface area contributed by atoms with E-state index in [1.807, 2.05) is 0 Å². The van der Waals surface area contributed by atoms with E-state index in [0.717, 1.165) is 9.13 Å². The summed E-state index contributed by atoms with van der Waals surface area (Å²) in [5, 5.41) is -4.80. The van der Waals surface area contributed by atoms with E-state index in [4.69, 9.17) is 34.4 Å². The molecular weight excluding hydrogens is 1100 g/mol. The van der Waals surface area contributed by atoms with Crippen molar-refractivity contribution in [3.05, 3.63) is 315 Å². The Labute approximate surface area is 566 Å². The van der Waals surface area contributed by atoms with Crippen molar-refractivity contribution in [1.82, 2.24) is 28.7 Å². The molecule has 0 spiro atoms. The van der Waals surface area contributed by atoms with Gasteiger partial charge in [-0.2, -0.15) is 9.97 Å². The Bertz CT molecular complexity index is 8050. The van der Waals surface area contributed by atoms with Crippen LogP contribution in [-0.2, 0) is 0 Å². The maximum atomic E-state index is 11.2. The van der Waals surface area contributed by atoms with Gasteiger partial charge in [-0.25, -0.2) is 4.98 Å². The minimum absolute atomic E-state index is 0.000170. The van der Waals surface area contributed by atoms with E-state index in [1.54, 1.807) is 0 Å². The van der Waals surface area contributed by atoms with Crippen LogP contribution in [0.15, 0.2) is 319 Å². The SMILES string of the molecule is [2H]c1c([2H])c([2H])c(-n2c3ccccc3c3c([2H])c([2H])c4c(c5c([2H])c([2H])c([2H])c([2H])c5n4-c4nc(-c5c([2H])c([2H])c([2H])c([Si](c6ccccc6)(c6ccccc6)c6c([2H])c([2H])c([2H])c(-c7c([2H])c([2H])c8oc9c([2H])c([2H])c([2H])c([2H])c9c8c7[2H])c6[2H])c5[2H])nc(-c5c([2H])c([2H])c([2H])c([2H])c5-n5c6c([2H])c([2H])c([2H])c([2H])c6c6c([2H])c([2H])c([2H])c([2H])c65)n4)c32)c([2H])c1[2H]. The fraction of sp³-hybridized carbons (Fsp3) is 0. The fourth-order valence-corrected chi connectivity index (χ4v) is 16.0. The number of rotatable bonds is 10. The van der Waals surface area contributed by atoms with Crippen molar-refractivity contribution >= 4 is 116 Å². The number of aromatic nitrogens is 6. The van der Waals surface area contributed by atoms with Gasteiger partial charge in [0, 0.05) is 59.9 Å². The number of furan rings is 1. The Hall–Kier alpha value is -11.7. The molecule has 0 N–H and O–H groups in total. The molecule has 5 heterocycles. The van der Waals surface area contributed by atoms with Crippen molar-refractivity contribution in [1.29, 1.82) is 0 Å². The minimum Gasteiger partial charge on any atom is -0.456 e. The summed E-state index contributed by atoms with van der Waals surface area (Å²) in [5.41, 5.74) is -9.69. The van der Waals surface area contributed by atoms with Crippen molar-refractivity contribution < 1.29 is 56.5 Å². The molecule has 0 bridgehead atoms. The number of hydrogen-bond acceptors (Lipinski definition) is 4. The predicted octanol–water partition coefficient (Wildman–Crippen LogP) is 17.4. The molecule has 0 fully saturated rings. The monoisotopic (exact) mass is 1190 g/mol. The van der Waals surface area contributed by atoms with Crippen molar-refractivity contribution in [2.45, 2.75) is 0 Å². The smallest absolute Gasteiger partial charge is 0.238 e. The summed E-state index contributed by atoms with van der Waals surface area (Å²) in [6.07, 6.45) is 0. The van der Waals surface area contributed by atoms with Gasteiger partial charge in [-0.05, 0) is 104 Å². The van der Waals surface area contributed by atoms with Crippen LogP contribution >= 0.6 is 0 Å². The zero-order chi connectivity index (χ0) is 91.6. The maximum Gasteiger partial charge on any atom is 0.238 e. The number of para-hydroxylation sites is 7. The zero-order valence-corrected chi connectivity index (χ0v) is 46.2. The van der Waals surface area contributed by atoms with Gasteiger partial charge in [-0.1, -0.05) is 242 Å². The molecule has 0 unspecified atom stereocenters. The van der Waals surface area contributed by atoms with Crippen molar-refractivity contribution in [3.8, 4) is 51.2 Å². The standard InChI is InChI=1S/C81H52N6OSi/c1-4-26-56(27-5-1)85-69-40-16-12-36-63(69)65-47-48-74-77(78(65)85)66-38-13-19-43-72(66)87(74)81-83-79(82-80(84-81)67-39-14-20-44-73(67)86-70-41-17-10-34-61(70)62-35-11-18-42-71(62)86)55-25-23-33-60(51-55)89(57-28-6-2-7-29-57,58-30-8-3-9-31-58)59-32-22-24-53(50-59)54-46-49-76-68(52-54)64-37-15-21-45-75(64)88-76/h1-52H/i1D,4D,5D,10D,11D,13D,14D,15D,17D,18D,19D,20D,21D,22D,23D,24D,25D,26D,27D,32D,33D,34D,35D,37D,38D,39D,41D,42D,43D,44D,45D,46D,47D,48D,49D,50D,51D,52D. The molecule has 18 aromatic rings. The number of nitrogens with zero attached hydrogens (tertiary/aromatic N) is 6. The van der Waals surface area contributed by atoms with Gasteiger partial charge in [-0.3, -0.25) is 4.57 Å². The average Bonchev–Trinajstić information content (AvgIpc) is 1.49. The molecule has 0 amide bonds. The molecule has 0 saturated carbocycles. The van der Waals surface area contributed by atoms with Gasteiger partial charge in [0.1, 0.15) is 11.2 Å². The molecule has 0 aliphatic carbocycles. The summed E-state index contributed by atoms with van der Waals surface area (Å²) in [7, 11) is -5.53. The summed E-state index contributed by atoms with van der Waals surface area (Å²) >= 11 is 0. The first-order valence-electron chi connectivity index (χ1n) is 46.2. The highest BCUT2D eigenvalue weighted by Crippen LogP contribution is 2.43. The van der Waals surface area contributed by atoms with Gasteiger partial charge in [0.05, 0.1) is 90.9 Å². The Kier molecular flexibility index (Phi) is 5.84. The highest BCUT2D eigenvalue weighted by Gasteiger charge is 2.42. The molecule has 0 radical (unpaired) electrons. The minimum atomic E-state index is -5.53. The van der Waals surface area contributed by atoms with Crippen LogP contribution in [0, 0.1) is 0 Å². The molecule has 416 valence electrons. The van der Waals surface area contributed by atoms with Crippen LogP contribution in [-0.4, -0.2) is 36.7 Å². The first-order valence-corrected chi connectivity index (χ1v) is 29.2. The number of benzene rings is 13. The quantitative estimate of drug-likeness (QED) is 0.101. The lowest BCUT2D eigenvalue weighted by Gasteiger charge is -2.35. The first kappa shape index (κ1) is 25.7. The lowest BCUT2D eigenvalue weighted by Crippen LogP contribution is -2.74. The van der Waals surface area contributed by atoms with Crippen LogP contribution in [0.25, 0.3) is 139 Å². The summed E-state index contributed by atoms with van der Waals surface area (Å²) in [4.78, 5) is 14.7. The topological polar surface area (TPSA) is 66.6 Å². The Morgan fingerprint density at radius 1 is 0.326 bits per heavy atom. The van der Waals surface area contributed by atoms with Gasteiger partial charge in [0.2, 0.25) is 5.95 Å². The average molecular weight is 1190 g/mol. The number of hydrogen-bond donors (Lipinski definition) is 0. The van der Waals surface area contributed by atoms with Crippen molar-refractivity contribution in [2.75, 3.05) is 0 Å². The highest BCUT2D eigenvalue weighted by molar-refractivity contribution is 7.20. The molecule has 0 saturated heterocycles. The molecule has 8 heteroatoms. The summed E-state index contributed by atoms with van der Waals surface area (Å²) < 4.78 is 374. The molecular formula is C81H52N6OSi. The first-order chi connectivity index (χ1) is 60.0. The molecule has 13 aromatic carbocycles. The predicted molar refractivity (Wildman–Crippen MR) is 370 cm³/mol. The molecule has 7 nitrogen and oxygen atoms in total. The maximum absolute atomic E-state index is 11.2. The van der Waals surface area contributed by atoms with Crippen LogP contribution in [0.1, 0.15) is 52.1 Å². The lowest BCUT2D eigenvalue weighted by molar-refractivity contribution is 0.669. The van der Waals surface area contributed by atoms with Gasteiger partial charge in [0.25, 0.3) is 0 Å². The summed E-state index contributed by atoms with van der Waals surface area (Å²) in [6, 6.07) is -16.0. The third kappa shape index (κ3) is 7.80. The number of fused-ring (bicyclic) bond motifs is 13. The summed E-state index contributed by atoms with van der Waals surface area (Å²) in [5.74, 6) is -3.36. The normalized spacial score (nSPS) is 18.0. The second-order valence-corrected chi connectivity index (χ2v) is 23.8. The molecule has 89 heavy (non-hydrogen) atoms. The van der Waals surface area contributed by atoms with Gasteiger partial charge in [-0.15, -0.1) is 0 Å². The largest absolute Gasteiger partial charge is 0.456 e. The van der Waals surface area contributed by atoms with E-state index in [1.165, 1.54) is 84.9 Å². The molecule has 0 atom stereocenters. The Morgan fingerprint density at radius 2 is 0.899 bits per heavy atom. The van der Waals surface area contributed by atoms with E-state index in [2.05, 4.69) is 0 Å². The lowest BCUT2D eigenvalue weighted by atomic mass is 10.0. The molecule has 18 rings (SSSR count). The van der Waals surface area contributed by atoms with Gasteiger partial charge < -0.3 is 13.6 Å². The Balaban J connectivity index is 1.07. The van der Waals surface area contributed by atoms with Crippen LogP contribution in [0.4, 0.5) is 0 Å². The third-order valence-corrected chi connectivity index (χ3v) is 19.9. The van der Waals surface area contributed by atoms with E-state index >= 15 is 0 Å². The zero-order valence-electron chi connectivity index (χ0n) is 83.2. The van der Waals surface area contributed by atoms with Crippen LogP contribution in [0.5, 0.6) is 0 Å². The molecule has 5 aromatic heterocycles. The van der Waals surface area contributed by atoms with E-state index < -0.39 is 365 Å². The van der Waals surface area contributed by atoms with Gasteiger partial charge in [0.15, 0.2) is 19.7 Å². The fourth-order valence-electron chi connectivity index (χ4n) is 11.8.